The van der Waals surface area contributed by atoms with Gasteiger partial charge in [0.15, 0.2) is 0 Å². The van der Waals surface area contributed by atoms with Gasteiger partial charge in [-0.25, -0.2) is 0 Å². The summed E-state index contributed by atoms with van der Waals surface area (Å²) in [5, 5.41) is 9.77. The predicted octanol–water partition coefficient (Wildman–Crippen LogP) is 3.07. The largest absolute Gasteiger partial charge is 0.496 e. The molecule has 0 saturated heterocycles. The number of thiophene rings is 1. The van der Waals surface area contributed by atoms with Crippen molar-refractivity contribution < 1.29 is 4.74 Å². The Bertz CT molecular complexity index is 525. The van der Waals surface area contributed by atoms with Gasteiger partial charge < -0.3 is 4.74 Å². The van der Waals surface area contributed by atoms with Crippen LogP contribution in [0.15, 0.2) is 23.1 Å². The van der Waals surface area contributed by atoms with Gasteiger partial charge in [-0.2, -0.15) is 5.26 Å². The summed E-state index contributed by atoms with van der Waals surface area (Å²) in [4.78, 5) is 1.51. The Morgan fingerprint density at radius 1 is 1.43 bits per heavy atom. The van der Waals surface area contributed by atoms with Gasteiger partial charge in [0.1, 0.15) is 16.7 Å². The fourth-order valence-corrected chi connectivity index (χ4v) is 2.53. The lowest BCUT2D eigenvalue weighted by molar-refractivity contribution is 0.406. The third kappa shape index (κ3) is 1.45. The summed E-state index contributed by atoms with van der Waals surface area (Å²) in [5.41, 5.74) is 0. The average Bonchev–Trinajstić information content (AvgIpc) is 2.58. The molecule has 14 heavy (non-hydrogen) atoms. The quantitative estimate of drug-likeness (QED) is 0.751. The molecular weight excluding hydrogens is 214 g/mol. The molecule has 0 amide bonds. The Morgan fingerprint density at radius 2 is 2.21 bits per heavy atom. The van der Waals surface area contributed by atoms with E-state index in [9.17, 15) is 0 Å². The zero-order chi connectivity index (χ0) is 10.1. The molecule has 0 saturated carbocycles. The lowest BCUT2D eigenvalue weighted by Gasteiger charge is -2.02. The molecule has 0 bridgehead atoms. The zero-order valence-corrected chi connectivity index (χ0v) is 9.15. The lowest BCUT2D eigenvalue weighted by Crippen LogP contribution is -1.83. The second-order valence-corrected chi connectivity index (χ2v) is 4.35. The van der Waals surface area contributed by atoms with Crippen LogP contribution in [-0.4, -0.2) is 7.11 Å². The van der Waals surface area contributed by atoms with Gasteiger partial charge in [0, 0.05) is 9.60 Å². The molecule has 0 spiro atoms. The van der Waals surface area contributed by atoms with E-state index < -0.39 is 0 Å². The molecule has 2 aromatic rings. The third-order valence-electron chi connectivity index (χ3n) is 1.93. The van der Waals surface area contributed by atoms with Crippen molar-refractivity contribution in [1.29, 1.82) is 5.26 Å². The van der Waals surface area contributed by atoms with Crippen LogP contribution >= 0.6 is 24.0 Å². The standard InChI is InChI=1S/C10H7NOS2/c1-12-8-3-6-2-7(5-11)14-10(6)4-9(8)13/h2-4,13H,1H3. The highest BCUT2D eigenvalue weighted by atomic mass is 32.1. The number of thiol groups is 1. The highest BCUT2D eigenvalue weighted by Crippen LogP contribution is 2.33. The number of ether oxygens (including phenoxy) is 1. The molecule has 1 heterocycles. The number of benzene rings is 1. The number of nitriles is 1. The summed E-state index contributed by atoms with van der Waals surface area (Å²) in [6, 6.07) is 7.80. The molecule has 0 aliphatic carbocycles. The van der Waals surface area contributed by atoms with E-state index in [1.165, 1.54) is 11.3 Å². The van der Waals surface area contributed by atoms with Crippen LogP contribution in [0.2, 0.25) is 0 Å². The van der Waals surface area contributed by atoms with E-state index in [1.54, 1.807) is 7.11 Å². The van der Waals surface area contributed by atoms with Crippen LogP contribution in [-0.2, 0) is 0 Å². The molecule has 70 valence electrons. The molecule has 0 radical (unpaired) electrons. The van der Waals surface area contributed by atoms with Crippen LogP contribution in [0.4, 0.5) is 0 Å². The van der Waals surface area contributed by atoms with Crippen LogP contribution in [0.25, 0.3) is 10.1 Å². The minimum absolute atomic E-state index is 0.709. The zero-order valence-electron chi connectivity index (χ0n) is 7.44. The normalized spacial score (nSPS) is 10.1. The van der Waals surface area contributed by atoms with Crippen molar-refractivity contribution in [3.63, 3.8) is 0 Å². The molecule has 4 heteroatoms. The van der Waals surface area contributed by atoms with Crippen LogP contribution in [0.3, 0.4) is 0 Å². The van der Waals surface area contributed by atoms with E-state index >= 15 is 0 Å². The first-order valence-electron chi connectivity index (χ1n) is 3.95. The monoisotopic (exact) mass is 221 g/mol. The van der Waals surface area contributed by atoms with Crippen molar-refractivity contribution in [2.75, 3.05) is 7.11 Å². The SMILES string of the molecule is COc1cc2cc(C#N)sc2cc1S. The molecule has 2 nitrogen and oxygen atoms in total. The molecule has 0 unspecified atom stereocenters. The lowest BCUT2D eigenvalue weighted by atomic mass is 10.2. The predicted molar refractivity (Wildman–Crippen MR) is 60.3 cm³/mol. The second kappa shape index (κ2) is 3.52. The van der Waals surface area contributed by atoms with E-state index in [0.717, 1.165) is 20.7 Å². The second-order valence-electron chi connectivity index (χ2n) is 2.78. The fourth-order valence-electron chi connectivity index (χ4n) is 1.27. The molecule has 1 aromatic carbocycles. The van der Waals surface area contributed by atoms with Crippen molar-refractivity contribution >= 4 is 34.1 Å². The Morgan fingerprint density at radius 3 is 2.86 bits per heavy atom. The number of hydrogen-bond donors (Lipinski definition) is 1. The minimum atomic E-state index is 0.709. The molecule has 0 aliphatic heterocycles. The summed E-state index contributed by atoms with van der Waals surface area (Å²) in [5.74, 6) is 0.739. The van der Waals surface area contributed by atoms with Gasteiger partial charge >= 0.3 is 0 Å². The van der Waals surface area contributed by atoms with Crippen molar-refractivity contribution in [2.45, 2.75) is 4.90 Å². The van der Waals surface area contributed by atoms with Crippen molar-refractivity contribution in [3.8, 4) is 11.8 Å². The number of rotatable bonds is 1. The Labute approximate surface area is 91.1 Å². The molecule has 0 fully saturated rings. The summed E-state index contributed by atoms with van der Waals surface area (Å²) in [6.07, 6.45) is 0. The molecule has 0 atom stereocenters. The number of hydrogen-bond acceptors (Lipinski definition) is 4. The number of methoxy groups -OCH3 is 1. The third-order valence-corrected chi connectivity index (χ3v) is 3.28. The molecule has 2 rings (SSSR count). The van der Waals surface area contributed by atoms with Crippen molar-refractivity contribution in [3.05, 3.63) is 23.1 Å². The highest BCUT2D eigenvalue weighted by Gasteiger charge is 2.05. The van der Waals surface area contributed by atoms with Crippen LogP contribution < -0.4 is 4.74 Å². The maximum Gasteiger partial charge on any atom is 0.132 e. The average molecular weight is 221 g/mol. The summed E-state index contributed by atoms with van der Waals surface area (Å²) < 4.78 is 6.20. The van der Waals surface area contributed by atoms with Gasteiger partial charge in [-0.1, -0.05) is 0 Å². The van der Waals surface area contributed by atoms with Crippen molar-refractivity contribution in [2.24, 2.45) is 0 Å². The number of fused-ring (bicyclic) bond motifs is 1. The minimum Gasteiger partial charge on any atom is -0.496 e. The first-order chi connectivity index (χ1) is 6.74. The van der Waals surface area contributed by atoms with Crippen LogP contribution in [0.1, 0.15) is 4.88 Å². The maximum absolute atomic E-state index is 8.74. The highest BCUT2D eigenvalue weighted by molar-refractivity contribution is 7.80. The smallest absolute Gasteiger partial charge is 0.132 e. The molecule has 0 N–H and O–H groups in total. The first-order valence-corrected chi connectivity index (χ1v) is 5.21. The van der Waals surface area contributed by atoms with Gasteiger partial charge in [-0.15, -0.1) is 24.0 Å². The first kappa shape index (κ1) is 9.38. The summed E-state index contributed by atoms with van der Waals surface area (Å²) in [7, 11) is 1.61. The number of nitrogens with zero attached hydrogens (tertiary/aromatic N) is 1. The Balaban J connectivity index is 2.71. The van der Waals surface area contributed by atoms with Gasteiger partial charge in [-0.05, 0) is 23.6 Å². The molecule has 0 aliphatic rings. The summed E-state index contributed by atoms with van der Waals surface area (Å²) in [6.45, 7) is 0. The Hall–Kier alpha value is -1.18. The van der Waals surface area contributed by atoms with E-state index in [0.29, 0.717) is 4.88 Å². The van der Waals surface area contributed by atoms with Gasteiger partial charge in [0.2, 0.25) is 0 Å². The topological polar surface area (TPSA) is 33.0 Å². The van der Waals surface area contributed by atoms with E-state index in [1.807, 2.05) is 18.2 Å². The summed E-state index contributed by atoms with van der Waals surface area (Å²) >= 11 is 5.76. The van der Waals surface area contributed by atoms with Gasteiger partial charge in [0.05, 0.1) is 7.11 Å². The molecule has 1 aromatic heterocycles. The van der Waals surface area contributed by atoms with Crippen LogP contribution in [0.5, 0.6) is 5.75 Å². The van der Waals surface area contributed by atoms with Crippen molar-refractivity contribution in [1.82, 2.24) is 0 Å². The fraction of sp³-hybridized carbons (Fsp3) is 0.100. The molecular formula is C10H7NOS2. The van der Waals surface area contributed by atoms with E-state index in [-0.39, 0.29) is 0 Å². The van der Waals surface area contributed by atoms with E-state index in [2.05, 4.69) is 18.7 Å². The van der Waals surface area contributed by atoms with Gasteiger partial charge in [0.25, 0.3) is 0 Å². The van der Waals surface area contributed by atoms with Gasteiger partial charge in [-0.3, -0.25) is 0 Å². The van der Waals surface area contributed by atoms with E-state index in [4.69, 9.17) is 10.00 Å². The van der Waals surface area contributed by atoms with Crippen LogP contribution in [0, 0.1) is 11.3 Å². The Kier molecular flexibility index (Phi) is 2.36. The maximum atomic E-state index is 8.74.